The molecule has 0 bridgehead atoms. The molecule has 3 rings (SSSR count). The fourth-order valence-electron chi connectivity index (χ4n) is 2.69. The van der Waals surface area contributed by atoms with Gasteiger partial charge in [0.15, 0.2) is 11.4 Å². The average Bonchev–Trinajstić information content (AvgIpc) is 3.06. The predicted molar refractivity (Wildman–Crippen MR) is 115 cm³/mol. The lowest BCUT2D eigenvalue weighted by Crippen LogP contribution is -2.16. The lowest BCUT2D eigenvalue weighted by atomic mass is 10.1. The highest BCUT2D eigenvalue weighted by Crippen LogP contribution is 2.36. The van der Waals surface area contributed by atoms with E-state index in [1.807, 2.05) is 0 Å². The van der Waals surface area contributed by atoms with Crippen LogP contribution in [0.3, 0.4) is 0 Å². The summed E-state index contributed by atoms with van der Waals surface area (Å²) in [4.78, 5) is 24.6. The van der Waals surface area contributed by atoms with E-state index >= 15 is 0 Å². The number of amides is 1. The van der Waals surface area contributed by atoms with Crippen molar-refractivity contribution in [1.29, 1.82) is 0 Å². The second kappa shape index (κ2) is 9.38. The Bertz CT molecular complexity index is 1090. The van der Waals surface area contributed by atoms with E-state index in [-0.39, 0.29) is 28.0 Å². The molecule has 10 heteroatoms. The molecule has 0 aliphatic carbocycles. The van der Waals surface area contributed by atoms with Crippen LogP contribution in [0.5, 0.6) is 5.75 Å². The lowest BCUT2D eigenvalue weighted by molar-refractivity contribution is 0.0589. The highest BCUT2D eigenvalue weighted by molar-refractivity contribution is 6.40. The Morgan fingerprint density at radius 1 is 1.13 bits per heavy atom. The largest absolute Gasteiger partial charge is 0.486 e. The second-order valence-electron chi connectivity index (χ2n) is 6.16. The molecule has 156 valence electrons. The van der Waals surface area contributed by atoms with Gasteiger partial charge < -0.3 is 14.8 Å². The Morgan fingerprint density at radius 3 is 2.50 bits per heavy atom. The number of aromatic nitrogens is 2. The van der Waals surface area contributed by atoms with Crippen molar-refractivity contribution in [2.75, 3.05) is 12.4 Å². The molecule has 1 heterocycles. The van der Waals surface area contributed by atoms with Crippen LogP contribution in [0, 0.1) is 0 Å². The monoisotopic (exact) mass is 467 g/mol. The number of carbonyl (C=O) groups is 2. The molecule has 0 aliphatic heterocycles. The summed E-state index contributed by atoms with van der Waals surface area (Å²) < 4.78 is 11.8. The molecule has 0 atom stereocenters. The number of hydrogen-bond acceptors (Lipinski definition) is 5. The van der Waals surface area contributed by atoms with Crippen molar-refractivity contribution in [1.82, 2.24) is 9.78 Å². The molecule has 0 saturated carbocycles. The van der Waals surface area contributed by atoms with Crippen molar-refractivity contribution in [2.24, 2.45) is 7.05 Å². The SMILES string of the molecule is COC(=O)c1c(NC(=O)c2cccc(COc3c(Cl)cc(Cl)cc3Cl)c2)cnn1C. The van der Waals surface area contributed by atoms with E-state index < -0.39 is 11.9 Å². The second-order valence-corrected chi connectivity index (χ2v) is 7.41. The van der Waals surface area contributed by atoms with Crippen LogP contribution in [0.4, 0.5) is 5.69 Å². The molecule has 3 aromatic rings. The zero-order chi connectivity index (χ0) is 21.8. The molecule has 1 aromatic heterocycles. The van der Waals surface area contributed by atoms with Gasteiger partial charge in [0.25, 0.3) is 5.91 Å². The number of rotatable bonds is 6. The molecule has 0 saturated heterocycles. The lowest BCUT2D eigenvalue weighted by Gasteiger charge is -2.11. The van der Waals surface area contributed by atoms with Gasteiger partial charge in [0.1, 0.15) is 6.61 Å². The topological polar surface area (TPSA) is 82.4 Å². The molecule has 30 heavy (non-hydrogen) atoms. The van der Waals surface area contributed by atoms with Crippen molar-refractivity contribution in [3.63, 3.8) is 0 Å². The van der Waals surface area contributed by atoms with Crippen LogP contribution in [0.15, 0.2) is 42.6 Å². The predicted octanol–water partition coefficient (Wildman–Crippen LogP) is 5.00. The van der Waals surface area contributed by atoms with Crippen molar-refractivity contribution < 1.29 is 19.1 Å². The molecular formula is C20H16Cl3N3O4. The van der Waals surface area contributed by atoms with E-state index in [1.165, 1.54) is 30.1 Å². The Morgan fingerprint density at radius 2 is 1.83 bits per heavy atom. The number of halogens is 3. The molecule has 7 nitrogen and oxygen atoms in total. The quantitative estimate of drug-likeness (QED) is 0.515. The maximum absolute atomic E-state index is 12.7. The molecule has 0 radical (unpaired) electrons. The van der Waals surface area contributed by atoms with Gasteiger partial charge in [-0.15, -0.1) is 0 Å². The molecule has 0 unspecified atom stereocenters. The van der Waals surface area contributed by atoms with Crippen LogP contribution in [0.1, 0.15) is 26.4 Å². The van der Waals surface area contributed by atoms with Crippen LogP contribution in [0.2, 0.25) is 15.1 Å². The van der Waals surface area contributed by atoms with Gasteiger partial charge in [0, 0.05) is 17.6 Å². The maximum atomic E-state index is 12.7. The smallest absolute Gasteiger partial charge is 0.358 e. The van der Waals surface area contributed by atoms with Gasteiger partial charge in [0.2, 0.25) is 0 Å². The van der Waals surface area contributed by atoms with Gasteiger partial charge in [0.05, 0.1) is 29.0 Å². The Labute approximate surface area is 187 Å². The summed E-state index contributed by atoms with van der Waals surface area (Å²) in [6, 6.07) is 9.85. The zero-order valence-corrected chi connectivity index (χ0v) is 18.2. The Hall–Kier alpha value is -2.74. The number of benzene rings is 2. The first-order valence-electron chi connectivity index (χ1n) is 8.58. The third-order valence-electron chi connectivity index (χ3n) is 4.10. The number of hydrogen-bond donors (Lipinski definition) is 1. The standard InChI is InChI=1S/C20H16Cl3N3O4/c1-26-17(20(28)29-2)16(9-24-26)25-19(27)12-5-3-4-11(6-12)10-30-18-14(22)7-13(21)8-15(18)23/h3-9H,10H2,1-2H3,(H,25,27). The summed E-state index contributed by atoms with van der Waals surface area (Å²) >= 11 is 18.1. The number of ether oxygens (including phenoxy) is 2. The molecule has 0 aliphatic rings. The van der Waals surface area contributed by atoms with E-state index in [4.69, 9.17) is 44.3 Å². The van der Waals surface area contributed by atoms with Crippen molar-refractivity contribution in [2.45, 2.75) is 6.61 Å². The normalized spacial score (nSPS) is 10.6. The fourth-order valence-corrected chi connectivity index (χ4v) is 3.61. The Balaban J connectivity index is 1.75. The van der Waals surface area contributed by atoms with E-state index in [0.717, 1.165) is 0 Å². The van der Waals surface area contributed by atoms with Gasteiger partial charge >= 0.3 is 5.97 Å². The van der Waals surface area contributed by atoms with Crippen LogP contribution in [0.25, 0.3) is 0 Å². The summed E-state index contributed by atoms with van der Waals surface area (Å²) in [5, 5.41) is 7.62. The zero-order valence-electron chi connectivity index (χ0n) is 15.9. The first-order chi connectivity index (χ1) is 14.3. The van der Waals surface area contributed by atoms with Crippen LogP contribution in [-0.4, -0.2) is 28.8 Å². The molecule has 2 aromatic carbocycles. The number of esters is 1. The van der Waals surface area contributed by atoms with Crippen LogP contribution >= 0.6 is 34.8 Å². The summed E-state index contributed by atoms with van der Waals surface area (Å²) in [6.07, 6.45) is 1.38. The van der Waals surface area contributed by atoms with Crippen molar-refractivity contribution in [3.05, 3.63) is 74.5 Å². The first-order valence-corrected chi connectivity index (χ1v) is 9.71. The highest BCUT2D eigenvalue weighted by Gasteiger charge is 2.20. The summed E-state index contributed by atoms with van der Waals surface area (Å²) in [5.74, 6) is -0.725. The number of methoxy groups -OCH3 is 1. The number of anilines is 1. The van der Waals surface area contributed by atoms with E-state index in [0.29, 0.717) is 21.9 Å². The third-order valence-corrected chi connectivity index (χ3v) is 4.88. The summed E-state index contributed by atoms with van der Waals surface area (Å²) in [6.45, 7) is 0.127. The minimum atomic E-state index is -0.607. The average molecular weight is 469 g/mol. The third kappa shape index (κ3) is 4.87. The maximum Gasteiger partial charge on any atom is 0.358 e. The minimum Gasteiger partial charge on any atom is -0.486 e. The molecule has 1 N–H and O–H groups in total. The van der Waals surface area contributed by atoms with Crippen LogP contribution < -0.4 is 10.1 Å². The molecule has 0 spiro atoms. The van der Waals surface area contributed by atoms with E-state index in [1.54, 1.807) is 31.3 Å². The van der Waals surface area contributed by atoms with Crippen LogP contribution in [-0.2, 0) is 18.4 Å². The Kier molecular flexibility index (Phi) is 6.87. The minimum absolute atomic E-state index is 0.127. The summed E-state index contributed by atoms with van der Waals surface area (Å²) in [5.41, 5.74) is 1.46. The van der Waals surface area contributed by atoms with E-state index in [2.05, 4.69) is 10.4 Å². The number of nitrogens with zero attached hydrogens (tertiary/aromatic N) is 2. The molecule has 0 fully saturated rings. The fraction of sp³-hybridized carbons (Fsp3) is 0.150. The van der Waals surface area contributed by atoms with Gasteiger partial charge in [-0.25, -0.2) is 4.79 Å². The van der Waals surface area contributed by atoms with E-state index in [9.17, 15) is 9.59 Å². The molecular weight excluding hydrogens is 453 g/mol. The van der Waals surface area contributed by atoms with Gasteiger partial charge in [-0.1, -0.05) is 46.9 Å². The number of carbonyl (C=O) groups excluding carboxylic acids is 2. The van der Waals surface area contributed by atoms with Crippen molar-refractivity contribution in [3.8, 4) is 5.75 Å². The summed E-state index contributed by atoms with van der Waals surface area (Å²) in [7, 11) is 2.83. The van der Waals surface area contributed by atoms with Crippen molar-refractivity contribution >= 4 is 52.4 Å². The number of nitrogens with one attached hydrogen (secondary N) is 1. The van der Waals surface area contributed by atoms with Gasteiger partial charge in [-0.3, -0.25) is 9.48 Å². The van der Waals surface area contributed by atoms with Gasteiger partial charge in [-0.2, -0.15) is 5.10 Å². The highest BCUT2D eigenvalue weighted by atomic mass is 35.5. The first kappa shape index (κ1) is 22.0. The molecule has 1 amide bonds. The van der Waals surface area contributed by atoms with Gasteiger partial charge in [-0.05, 0) is 29.8 Å². The number of aryl methyl sites for hydroxylation is 1.